The van der Waals surface area contributed by atoms with Gasteiger partial charge in [-0.3, -0.25) is 9.59 Å². The number of piperidine rings is 3. The fraction of sp³-hybridized carbons (Fsp3) is 0.357. The second kappa shape index (κ2) is 11.2. The quantitative estimate of drug-likeness (QED) is 0.255. The van der Waals surface area contributed by atoms with Crippen molar-refractivity contribution in [1.29, 1.82) is 0 Å². The molecular formula is C28H28ClF2NO3S. The van der Waals surface area contributed by atoms with E-state index in [-0.39, 0.29) is 36.1 Å². The molecule has 3 saturated heterocycles. The third-order valence-electron chi connectivity index (χ3n) is 7.53. The fourth-order valence-corrected chi connectivity index (χ4v) is 6.43. The number of thiophene rings is 1. The summed E-state index contributed by atoms with van der Waals surface area (Å²) in [5.41, 5.74) is 0.591. The zero-order valence-electron chi connectivity index (χ0n) is 19.7. The minimum atomic E-state index is -1.02. The van der Waals surface area contributed by atoms with Crippen LogP contribution in [0.3, 0.4) is 0 Å². The molecule has 2 atom stereocenters. The summed E-state index contributed by atoms with van der Waals surface area (Å²) in [6, 6.07) is 15.6. The van der Waals surface area contributed by atoms with Crippen LogP contribution in [0.1, 0.15) is 46.2 Å². The van der Waals surface area contributed by atoms with Gasteiger partial charge in [0.05, 0.1) is 30.9 Å². The Morgan fingerprint density at radius 1 is 1.03 bits per heavy atom. The van der Waals surface area contributed by atoms with Gasteiger partial charge >= 0.3 is 5.97 Å². The summed E-state index contributed by atoms with van der Waals surface area (Å²) in [6.45, 7) is 3.13. The molecule has 6 rings (SSSR count). The molecule has 1 aromatic heterocycles. The zero-order chi connectivity index (χ0) is 24.4. The molecule has 1 unspecified atom stereocenters. The third kappa shape index (κ3) is 5.69. The van der Waals surface area contributed by atoms with Crippen LogP contribution in [-0.2, 0) is 9.53 Å². The van der Waals surface area contributed by atoms with Crippen molar-refractivity contribution in [2.24, 2.45) is 11.8 Å². The molecule has 0 aliphatic carbocycles. The first-order chi connectivity index (χ1) is 16.9. The van der Waals surface area contributed by atoms with Crippen molar-refractivity contribution in [3.63, 3.8) is 0 Å². The summed E-state index contributed by atoms with van der Waals surface area (Å²) in [7, 11) is 0. The normalized spacial score (nSPS) is 23.5. The third-order valence-corrected chi connectivity index (χ3v) is 8.44. The molecule has 0 saturated carbocycles. The second-order valence-corrected chi connectivity index (χ2v) is 10.7. The number of hydrogen-bond acceptors (Lipinski definition) is 4. The number of Topliss-reactive ketones (excluding diaryl/α,β-unsaturated/α-hetero) is 1. The molecule has 0 N–H and O–H groups in total. The number of carbonyl (C=O) groups excluding carboxylic acids is 2. The van der Waals surface area contributed by atoms with Gasteiger partial charge in [0.25, 0.3) is 0 Å². The Labute approximate surface area is 219 Å². The Balaban J connectivity index is 0.00000304. The van der Waals surface area contributed by atoms with Crippen molar-refractivity contribution in [2.45, 2.75) is 25.4 Å². The lowest BCUT2D eigenvalue weighted by Crippen LogP contribution is -3.00. The first kappa shape index (κ1) is 26.5. The molecule has 2 aromatic carbocycles. The number of fused-ring (bicyclic) bond motifs is 3. The predicted molar refractivity (Wildman–Crippen MR) is 130 cm³/mol. The van der Waals surface area contributed by atoms with Crippen molar-refractivity contribution in [1.82, 2.24) is 0 Å². The number of nitrogens with zero attached hydrogens (tertiary/aromatic N) is 1. The van der Waals surface area contributed by atoms with E-state index in [0.717, 1.165) is 37.4 Å². The van der Waals surface area contributed by atoms with Crippen LogP contribution in [0.25, 0.3) is 0 Å². The maximum absolute atomic E-state index is 14.6. The van der Waals surface area contributed by atoms with Crippen molar-refractivity contribution in [3.05, 3.63) is 93.7 Å². The summed E-state index contributed by atoms with van der Waals surface area (Å²) in [6.07, 6.45) is 1.15. The number of carbonyl (C=O) groups is 2. The smallest absolute Gasteiger partial charge is 0.307 e. The number of esters is 1. The van der Waals surface area contributed by atoms with Crippen LogP contribution in [0.15, 0.2) is 66.0 Å². The average molecular weight is 532 g/mol. The number of rotatable bonds is 8. The average Bonchev–Trinajstić information content (AvgIpc) is 3.39. The van der Waals surface area contributed by atoms with Gasteiger partial charge in [-0.1, -0.05) is 36.4 Å². The van der Waals surface area contributed by atoms with E-state index in [2.05, 4.69) is 0 Å². The van der Waals surface area contributed by atoms with Gasteiger partial charge in [0, 0.05) is 29.9 Å². The van der Waals surface area contributed by atoms with Gasteiger partial charge in [-0.05, 0) is 35.6 Å². The van der Waals surface area contributed by atoms with Gasteiger partial charge < -0.3 is 21.6 Å². The molecule has 0 spiro atoms. The molecule has 0 amide bonds. The van der Waals surface area contributed by atoms with Gasteiger partial charge in [0.15, 0.2) is 6.10 Å². The van der Waals surface area contributed by atoms with E-state index in [9.17, 15) is 18.4 Å². The minimum absolute atomic E-state index is 0. The van der Waals surface area contributed by atoms with Gasteiger partial charge in [0.1, 0.15) is 18.2 Å². The topological polar surface area (TPSA) is 43.4 Å². The highest BCUT2D eigenvalue weighted by molar-refractivity contribution is 7.12. The first-order valence-electron chi connectivity index (χ1n) is 12.0. The highest BCUT2D eigenvalue weighted by Crippen LogP contribution is 2.40. The Morgan fingerprint density at radius 2 is 1.81 bits per heavy atom. The number of halogens is 3. The van der Waals surface area contributed by atoms with Crippen LogP contribution in [0, 0.1) is 23.5 Å². The molecule has 3 fully saturated rings. The highest BCUT2D eigenvalue weighted by Gasteiger charge is 2.47. The van der Waals surface area contributed by atoms with Crippen LogP contribution >= 0.6 is 11.3 Å². The van der Waals surface area contributed by atoms with E-state index in [4.69, 9.17) is 4.74 Å². The van der Waals surface area contributed by atoms with Crippen LogP contribution in [-0.4, -0.2) is 42.4 Å². The Hall–Kier alpha value is -2.61. The van der Waals surface area contributed by atoms with Gasteiger partial charge in [0.2, 0.25) is 5.78 Å². The van der Waals surface area contributed by atoms with Crippen LogP contribution < -0.4 is 12.4 Å². The van der Waals surface area contributed by atoms with Crippen LogP contribution in [0.4, 0.5) is 8.78 Å². The molecule has 4 heterocycles. The molecule has 2 bridgehead atoms. The maximum Gasteiger partial charge on any atom is 0.307 e. The van der Waals surface area contributed by atoms with Gasteiger partial charge in [-0.25, -0.2) is 8.78 Å². The summed E-state index contributed by atoms with van der Waals surface area (Å²) in [5.74, 6) is -0.722. The van der Waals surface area contributed by atoms with E-state index >= 15 is 0 Å². The first-order valence-corrected chi connectivity index (χ1v) is 12.9. The molecule has 3 aliphatic rings. The van der Waals surface area contributed by atoms with Crippen molar-refractivity contribution in [3.8, 4) is 0 Å². The maximum atomic E-state index is 14.6. The molecular weight excluding hydrogens is 504 g/mol. The molecule has 36 heavy (non-hydrogen) atoms. The lowest BCUT2D eigenvalue weighted by molar-refractivity contribution is -0.939. The minimum Gasteiger partial charge on any atom is -1.00 e. The number of hydrogen-bond donors (Lipinski definition) is 0. The van der Waals surface area contributed by atoms with Crippen molar-refractivity contribution < 1.29 is 40.0 Å². The number of quaternary nitrogens is 1. The monoisotopic (exact) mass is 531 g/mol. The van der Waals surface area contributed by atoms with Crippen LogP contribution in [0.2, 0.25) is 0 Å². The predicted octanol–water partition coefficient (Wildman–Crippen LogP) is 2.79. The van der Waals surface area contributed by atoms with Crippen molar-refractivity contribution >= 4 is 23.1 Å². The van der Waals surface area contributed by atoms with E-state index in [1.54, 1.807) is 24.3 Å². The molecule has 190 valence electrons. The lowest BCUT2D eigenvalue weighted by atomic mass is 9.75. The largest absolute Gasteiger partial charge is 1.00 e. The summed E-state index contributed by atoms with van der Waals surface area (Å²) < 4.78 is 35.1. The molecule has 4 nitrogen and oxygen atoms in total. The molecule has 0 radical (unpaired) electrons. The lowest BCUT2D eigenvalue weighted by Gasteiger charge is -2.52. The Kier molecular flexibility index (Phi) is 8.23. The summed E-state index contributed by atoms with van der Waals surface area (Å²) in [4.78, 5) is 26.8. The summed E-state index contributed by atoms with van der Waals surface area (Å²) in [5, 5.41) is 1.92. The van der Waals surface area contributed by atoms with Crippen molar-refractivity contribution in [2.75, 3.05) is 26.2 Å². The molecule has 3 aromatic rings. The highest BCUT2D eigenvalue weighted by atomic mass is 35.5. The Morgan fingerprint density at radius 3 is 2.50 bits per heavy atom. The number of ether oxygens (including phenoxy) is 1. The van der Waals surface area contributed by atoms with E-state index in [1.807, 2.05) is 17.5 Å². The second-order valence-electron chi connectivity index (χ2n) is 9.78. The summed E-state index contributed by atoms with van der Waals surface area (Å²) >= 11 is 1.47. The number of benzene rings is 2. The molecule has 8 heteroatoms. The molecule has 3 aliphatic heterocycles. The van der Waals surface area contributed by atoms with Gasteiger partial charge in [-0.15, -0.1) is 11.3 Å². The van der Waals surface area contributed by atoms with E-state index < -0.39 is 23.7 Å². The van der Waals surface area contributed by atoms with Crippen LogP contribution in [0.5, 0.6) is 0 Å². The zero-order valence-corrected chi connectivity index (χ0v) is 21.3. The van der Waals surface area contributed by atoms with Gasteiger partial charge in [-0.2, -0.15) is 0 Å². The Bertz CT molecular complexity index is 1210. The van der Waals surface area contributed by atoms with E-state index in [0.29, 0.717) is 22.5 Å². The van der Waals surface area contributed by atoms with E-state index in [1.165, 1.54) is 35.6 Å². The standard InChI is InChI=1S/C28H28F2NO3S.ClH/c29-22-6-3-5-20(15-22)28(23-7-1-2-8-24(23)30)34-27(33)16-21-17-31(12-10-19(21)11-13-31)18-25(32)26-9-4-14-35-26;/h1-9,14-15,19,21,28H,10-13,16-18H2;1H/q+1;/p-1/t19?,21-,28?,31?;/m0./s1. The number of ketones is 1. The SMILES string of the molecule is O=C(C[C@H]1C[N+]2(CC(=O)c3cccs3)CCC1CC2)OC(c1cccc(F)c1)c1ccccc1F.[Cl-]. The fourth-order valence-electron chi connectivity index (χ4n) is 5.77.